The number of nitrogens with zero attached hydrogens (tertiary/aromatic N) is 6. The fourth-order valence-corrected chi connectivity index (χ4v) is 2.22. The van der Waals surface area contributed by atoms with Crippen LogP contribution in [-0.4, -0.2) is 43.1 Å². The van der Waals surface area contributed by atoms with E-state index in [1.807, 2.05) is 20.0 Å². The van der Waals surface area contributed by atoms with Crippen LogP contribution in [0.1, 0.15) is 20.1 Å². The van der Waals surface area contributed by atoms with Crippen LogP contribution in [0.4, 0.5) is 5.95 Å². The lowest BCUT2D eigenvalue weighted by Crippen LogP contribution is -2.09. The number of nitrogen functional groups attached to an aromatic ring is 1. The Bertz CT molecular complexity index is 795. The minimum Gasteiger partial charge on any atom is -0.491 e. The van der Waals surface area contributed by atoms with Crippen LogP contribution in [-0.2, 0) is 4.74 Å². The second kappa shape index (κ2) is 5.60. The quantitative estimate of drug-likeness (QED) is 0.753. The van der Waals surface area contributed by atoms with Gasteiger partial charge in [-0.1, -0.05) is 0 Å². The molecule has 0 amide bonds. The normalized spacial score (nSPS) is 12.7. The highest BCUT2D eigenvalue weighted by molar-refractivity contribution is 5.73. The average Bonchev–Trinajstić information content (AvgIpc) is 3.11. The highest BCUT2D eigenvalue weighted by Gasteiger charge is 2.17. The topological polar surface area (TPSA) is 105 Å². The van der Waals surface area contributed by atoms with Gasteiger partial charge in [0.25, 0.3) is 0 Å². The predicted octanol–water partition coefficient (Wildman–Crippen LogP) is 1.13. The maximum Gasteiger partial charge on any atom is 0.240 e. The van der Waals surface area contributed by atoms with Crippen molar-refractivity contribution in [3.05, 3.63) is 18.7 Å². The molecule has 1 unspecified atom stereocenters. The van der Waals surface area contributed by atoms with E-state index in [0.717, 1.165) is 5.56 Å². The molecule has 2 N–H and O–H groups in total. The van der Waals surface area contributed by atoms with Crippen molar-refractivity contribution in [2.24, 2.45) is 0 Å². The Kier molecular flexibility index (Phi) is 3.63. The van der Waals surface area contributed by atoms with Crippen LogP contribution in [0.25, 0.3) is 16.9 Å². The molecule has 9 heteroatoms. The van der Waals surface area contributed by atoms with Gasteiger partial charge in [0.05, 0.1) is 13.3 Å². The summed E-state index contributed by atoms with van der Waals surface area (Å²) in [6.45, 7) is 4.48. The molecule has 3 rings (SSSR count). The summed E-state index contributed by atoms with van der Waals surface area (Å²) >= 11 is 0. The van der Waals surface area contributed by atoms with Gasteiger partial charge in [-0.3, -0.25) is 0 Å². The Morgan fingerprint density at radius 3 is 2.95 bits per heavy atom. The first-order valence-corrected chi connectivity index (χ1v) is 6.85. The van der Waals surface area contributed by atoms with Gasteiger partial charge in [0, 0.05) is 18.4 Å². The number of aromatic nitrogens is 6. The van der Waals surface area contributed by atoms with Crippen molar-refractivity contribution >= 4 is 11.6 Å². The Morgan fingerprint density at radius 1 is 1.41 bits per heavy atom. The lowest BCUT2D eigenvalue weighted by molar-refractivity contribution is 0.0160. The van der Waals surface area contributed by atoms with Gasteiger partial charge in [-0.2, -0.15) is 14.6 Å². The third-order valence-corrected chi connectivity index (χ3v) is 3.22. The molecule has 3 aromatic rings. The van der Waals surface area contributed by atoms with Crippen LogP contribution in [0.15, 0.2) is 18.7 Å². The molecule has 3 aromatic heterocycles. The van der Waals surface area contributed by atoms with E-state index in [9.17, 15) is 0 Å². The minimum atomic E-state index is -0.155. The Balaban J connectivity index is 2.06. The SMILES string of the molecule is CCOC(C)n1cc(-c2ncn3nc(N)nc3c2OC)cn1. The number of anilines is 1. The van der Waals surface area contributed by atoms with Crippen LogP contribution in [0, 0.1) is 0 Å². The van der Waals surface area contributed by atoms with E-state index in [4.69, 9.17) is 15.2 Å². The van der Waals surface area contributed by atoms with Crippen molar-refractivity contribution in [2.45, 2.75) is 20.1 Å². The van der Waals surface area contributed by atoms with E-state index in [1.165, 1.54) is 4.52 Å². The number of hydrogen-bond donors (Lipinski definition) is 1. The van der Waals surface area contributed by atoms with E-state index < -0.39 is 0 Å². The van der Waals surface area contributed by atoms with Crippen LogP contribution >= 0.6 is 0 Å². The monoisotopic (exact) mass is 303 g/mol. The standard InChI is InChI=1S/C13H17N7O2/c1-4-22-8(2)19-6-9(5-16-19)10-11(21-3)12-17-13(14)18-20(12)7-15-10/h5-8H,4H2,1-3H3,(H2,14,18). The van der Waals surface area contributed by atoms with Crippen molar-refractivity contribution in [1.29, 1.82) is 0 Å². The van der Waals surface area contributed by atoms with Gasteiger partial charge < -0.3 is 15.2 Å². The molecule has 116 valence electrons. The largest absolute Gasteiger partial charge is 0.491 e. The Morgan fingerprint density at radius 2 is 2.23 bits per heavy atom. The molecule has 0 aliphatic carbocycles. The van der Waals surface area contributed by atoms with E-state index in [1.54, 1.807) is 24.3 Å². The van der Waals surface area contributed by atoms with Gasteiger partial charge in [-0.05, 0) is 13.8 Å². The van der Waals surface area contributed by atoms with E-state index >= 15 is 0 Å². The van der Waals surface area contributed by atoms with Crippen LogP contribution in [0.3, 0.4) is 0 Å². The summed E-state index contributed by atoms with van der Waals surface area (Å²) in [5.41, 5.74) is 7.55. The summed E-state index contributed by atoms with van der Waals surface area (Å²) in [4.78, 5) is 8.52. The number of hydrogen-bond acceptors (Lipinski definition) is 7. The van der Waals surface area contributed by atoms with Crippen LogP contribution in [0.2, 0.25) is 0 Å². The summed E-state index contributed by atoms with van der Waals surface area (Å²) < 4.78 is 14.1. The zero-order valence-electron chi connectivity index (χ0n) is 12.6. The summed E-state index contributed by atoms with van der Waals surface area (Å²) in [5.74, 6) is 0.660. The van der Waals surface area contributed by atoms with Crippen molar-refractivity contribution in [1.82, 2.24) is 29.4 Å². The zero-order valence-corrected chi connectivity index (χ0v) is 12.6. The molecule has 0 bridgehead atoms. The molecule has 0 radical (unpaired) electrons. The molecular weight excluding hydrogens is 286 g/mol. The summed E-state index contributed by atoms with van der Waals surface area (Å²) in [6.07, 6.45) is 4.94. The van der Waals surface area contributed by atoms with Gasteiger partial charge in [0.1, 0.15) is 18.2 Å². The lowest BCUT2D eigenvalue weighted by atomic mass is 10.2. The van der Waals surface area contributed by atoms with Gasteiger partial charge in [-0.15, -0.1) is 5.10 Å². The molecule has 22 heavy (non-hydrogen) atoms. The van der Waals surface area contributed by atoms with Crippen molar-refractivity contribution in [3.8, 4) is 17.0 Å². The van der Waals surface area contributed by atoms with E-state index in [-0.39, 0.29) is 12.2 Å². The fraction of sp³-hybridized carbons (Fsp3) is 0.385. The smallest absolute Gasteiger partial charge is 0.240 e. The second-order valence-corrected chi connectivity index (χ2v) is 4.63. The maximum absolute atomic E-state index is 5.62. The molecular formula is C13H17N7O2. The average molecular weight is 303 g/mol. The molecule has 0 saturated carbocycles. The van der Waals surface area contributed by atoms with Crippen molar-refractivity contribution < 1.29 is 9.47 Å². The van der Waals surface area contributed by atoms with E-state index in [2.05, 4.69) is 20.2 Å². The summed E-state index contributed by atoms with van der Waals surface area (Å²) in [6, 6.07) is 0. The third kappa shape index (κ3) is 2.35. The first-order valence-electron chi connectivity index (χ1n) is 6.85. The van der Waals surface area contributed by atoms with Gasteiger partial charge in [0.15, 0.2) is 5.75 Å². The highest BCUT2D eigenvalue weighted by Crippen LogP contribution is 2.31. The molecule has 1 atom stereocenters. The summed E-state index contributed by atoms with van der Waals surface area (Å²) in [5, 5.41) is 8.31. The number of fused-ring (bicyclic) bond motifs is 1. The first-order chi connectivity index (χ1) is 10.6. The summed E-state index contributed by atoms with van der Waals surface area (Å²) in [7, 11) is 1.55. The number of ether oxygens (including phenoxy) is 2. The van der Waals surface area contributed by atoms with Crippen LogP contribution < -0.4 is 10.5 Å². The number of rotatable bonds is 5. The molecule has 9 nitrogen and oxygen atoms in total. The highest BCUT2D eigenvalue weighted by atomic mass is 16.5. The molecule has 0 spiro atoms. The molecule has 0 fully saturated rings. The molecule has 0 saturated heterocycles. The zero-order chi connectivity index (χ0) is 15.7. The van der Waals surface area contributed by atoms with Gasteiger partial charge in [0.2, 0.25) is 11.6 Å². The van der Waals surface area contributed by atoms with Gasteiger partial charge >= 0.3 is 0 Å². The van der Waals surface area contributed by atoms with E-state index in [0.29, 0.717) is 23.7 Å². The number of nitrogens with two attached hydrogens (primary N) is 1. The first kappa shape index (κ1) is 14.3. The Hall–Kier alpha value is -2.68. The number of methoxy groups -OCH3 is 1. The fourth-order valence-electron chi connectivity index (χ4n) is 2.22. The minimum absolute atomic E-state index is 0.155. The van der Waals surface area contributed by atoms with Crippen molar-refractivity contribution in [3.63, 3.8) is 0 Å². The molecule has 0 aromatic carbocycles. The Labute approximate surface area is 126 Å². The molecule has 0 aliphatic rings. The molecule has 3 heterocycles. The maximum atomic E-state index is 5.62. The second-order valence-electron chi connectivity index (χ2n) is 4.63. The predicted molar refractivity (Wildman–Crippen MR) is 79.3 cm³/mol. The van der Waals surface area contributed by atoms with Gasteiger partial charge in [-0.25, -0.2) is 9.67 Å². The van der Waals surface area contributed by atoms with Crippen molar-refractivity contribution in [2.75, 3.05) is 19.5 Å². The van der Waals surface area contributed by atoms with Crippen LogP contribution in [0.5, 0.6) is 5.75 Å². The lowest BCUT2D eigenvalue weighted by Gasteiger charge is -2.11. The third-order valence-electron chi connectivity index (χ3n) is 3.22. The molecule has 0 aliphatic heterocycles.